The molecule has 0 radical (unpaired) electrons. The molecule has 4 heteroatoms. The highest BCUT2D eigenvalue weighted by atomic mass is 32.1. The molecule has 0 spiro atoms. The lowest BCUT2D eigenvalue weighted by Crippen LogP contribution is -2.44. The smallest absolute Gasteiger partial charge is 0.317 e. The zero-order chi connectivity index (χ0) is 10.8. The van der Waals surface area contributed by atoms with Gasteiger partial charge >= 0.3 is 6.03 Å². The molecule has 0 saturated carbocycles. The molecule has 0 saturated heterocycles. The summed E-state index contributed by atoms with van der Waals surface area (Å²) in [7, 11) is 0. The van der Waals surface area contributed by atoms with Gasteiger partial charge in [0, 0.05) is 18.0 Å². The van der Waals surface area contributed by atoms with Crippen molar-refractivity contribution in [3.8, 4) is 0 Å². The zero-order valence-corrected chi connectivity index (χ0v) is 9.93. The van der Waals surface area contributed by atoms with Crippen molar-refractivity contribution in [3.63, 3.8) is 0 Å². The Morgan fingerprint density at radius 2 is 2.53 bits per heavy atom. The number of hydrogen-bond donors (Lipinski definition) is 1. The number of hydrogen-bond acceptors (Lipinski definition) is 2. The van der Waals surface area contributed by atoms with Crippen LogP contribution < -0.4 is 5.32 Å². The summed E-state index contributed by atoms with van der Waals surface area (Å²) >= 11 is 1.80. The fraction of sp³-hybridized carbons (Fsp3) is 0.545. The van der Waals surface area contributed by atoms with E-state index in [1.54, 1.807) is 11.3 Å². The normalized spacial score (nSPS) is 19.9. The number of carbonyl (C=O) groups excluding carboxylic acids is 1. The van der Waals surface area contributed by atoms with Gasteiger partial charge in [-0.25, -0.2) is 4.79 Å². The Hall–Kier alpha value is -1.03. The lowest BCUT2D eigenvalue weighted by Gasteiger charge is -2.33. The summed E-state index contributed by atoms with van der Waals surface area (Å²) in [6.07, 6.45) is 0.995. The van der Waals surface area contributed by atoms with Crippen molar-refractivity contribution in [2.75, 3.05) is 13.1 Å². The van der Waals surface area contributed by atoms with Crippen molar-refractivity contribution in [2.24, 2.45) is 0 Å². The molecule has 1 N–H and O–H groups in total. The Morgan fingerprint density at radius 1 is 1.73 bits per heavy atom. The lowest BCUT2D eigenvalue weighted by molar-refractivity contribution is 0.176. The van der Waals surface area contributed by atoms with Gasteiger partial charge in [-0.1, -0.05) is 0 Å². The minimum absolute atomic E-state index is 0.0573. The highest BCUT2D eigenvalue weighted by Gasteiger charge is 2.27. The van der Waals surface area contributed by atoms with Gasteiger partial charge in [0.1, 0.15) is 0 Å². The second-order valence-corrected chi connectivity index (χ2v) is 4.75. The molecule has 0 fully saturated rings. The first-order chi connectivity index (χ1) is 7.24. The largest absolute Gasteiger partial charge is 0.338 e. The van der Waals surface area contributed by atoms with Crippen molar-refractivity contribution in [1.82, 2.24) is 10.2 Å². The predicted molar refractivity (Wildman–Crippen MR) is 62.2 cm³/mol. The molecule has 82 valence electrons. The first-order valence-electron chi connectivity index (χ1n) is 5.34. The van der Waals surface area contributed by atoms with E-state index in [1.165, 1.54) is 10.4 Å². The standard InChI is InChI=1S/C11H16N2OS/c1-3-12-11(14)13-6-4-10-9(8(13)2)5-7-15-10/h5,7-8H,3-4,6H2,1-2H3,(H,12,14). The summed E-state index contributed by atoms with van der Waals surface area (Å²) in [5.41, 5.74) is 1.32. The van der Waals surface area contributed by atoms with Gasteiger partial charge in [0.05, 0.1) is 6.04 Å². The molecule has 1 aliphatic heterocycles. The highest BCUT2D eigenvalue weighted by Crippen LogP contribution is 2.32. The van der Waals surface area contributed by atoms with Gasteiger partial charge in [-0.3, -0.25) is 0 Å². The second-order valence-electron chi connectivity index (χ2n) is 3.75. The fourth-order valence-electron chi connectivity index (χ4n) is 2.04. The Balaban J connectivity index is 2.16. The van der Waals surface area contributed by atoms with E-state index >= 15 is 0 Å². The van der Waals surface area contributed by atoms with E-state index in [-0.39, 0.29) is 12.1 Å². The van der Waals surface area contributed by atoms with E-state index in [1.807, 2.05) is 11.8 Å². The third kappa shape index (κ3) is 1.86. The molecule has 1 aromatic heterocycles. The molecule has 3 nitrogen and oxygen atoms in total. The molecule has 1 aliphatic rings. The molecule has 0 bridgehead atoms. The molecule has 1 atom stereocenters. The molecule has 2 heterocycles. The summed E-state index contributed by atoms with van der Waals surface area (Å²) in [5.74, 6) is 0. The van der Waals surface area contributed by atoms with Crippen LogP contribution in [0.3, 0.4) is 0 Å². The summed E-state index contributed by atoms with van der Waals surface area (Å²) in [6, 6.07) is 2.41. The molecular weight excluding hydrogens is 208 g/mol. The monoisotopic (exact) mass is 224 g/mol. The van der Waals surface area contributed by atoms with Crippen LogP contribution in [0.25, 0.3) is 0 Å². The molecule has 2 amide bonds. The first kappa shape index (κ1) is 10.5. The number of nitrogens with one attached hydrogen (secondary N) is 1. The van der Waals surface area contributed by atoms with E-state index in [9.17, 15) is 4.79 Å². The molecule has 0 aliphatic carbocycles. The minimum atomic E-state index is 0.0573. The van der Waals surface area contributed by atoms with E-state index in [0.29, 0.717) is 6.54 Å². The van der Waals surface area contributed by atoms with Crippen LogP contribution in [-0.4, -0.2) is 24.0 Å². The van der Waals surface area contributed by atoms with E-state index < -0.39 is 0 Å². The van der Waals surface area contributed by atoms with Crippen LogP contribution in [0.1, 0.15) is 30.3 Å². The Bertz CT molecular complexity index is 361. The van der Waals surface area contributed by atoms with Crippen LogP contribution in [0.4, 0.5) is 4.79 Å². The van der Waals surface area contributed by atoms with Crippen LogP contribution in [0.5, 0.6) is 0 Å². The molecule has 2 rings (SSSR count). The number of rotatable bonds is 1. The van der Waals surface area contributed by atoms with Gasteiger partial charge in [0.2, 0.25) is 0 Å². The number of nitrogens with zero attached hydrogens (tertiary/aromatic N) is 1. The van der Waals surface area contributed by atoms with Crippen molar-refractivity contribution in [2.45, 2.75) is 26.3 Å². The SMILES string of the molecule is CCNC(=O)N1CCc2sccc2C1C. The topological polar surface area (TPSA) is 32.3 Å². The number of carbonyl (C=O) groups is 1. The molecule has 15 heavy (non-hydrogen) atoms. The number of amides is 2. The lowest BCUT2D eigenvalue weighted by atomic mass is 10.0. The maximum absolute atomic E-state index is 11.8. The number of thiophene rings is 1. The first-order valence-corrected chi connectivity index (χ1v) is 6.22. The van der Waals surface area contributed by atoms with Gasteiger partial charge in [-0.15, -0.1) is 11.3 Å². The zero-order valence-electron chi connectivity index (χ0n) is 9.12. The van der Waals surface area contributed by atoms with Gasteiger partial charge in [-0.05, 0) is 37.3 Å². The van der Waals surface area contributed by atoms with Crippen molar-refractivity contribution < 1.29 is 4.79 Å². The van der Waals surface area contributed by atoms with Crippen LogP contribution in [0, 0.1) is 0 Å². The van der Waals surface area contributed by atoms with Gasteiger partial charge in [0.25, 0.3) is 0 Å². The highest BCUT2D eigenvalue weighted by molar-refractivity contribution is 7.10. The maximum Gasteiger partial charge on any atom is 0.317 e. The van der Waals surface area contributed by atoms with Gasteiger partial charge in [-0.2, -0.15) is 0 Å². The summed E-state index contributed by atoms with van der Waals surface area (Å²) in [5, 5.41) is 4.97. The van der Waals surface area contributed by atoms with Crippen LogP contribution in [0.2, 0.25) is 0 Å². The van der Waals surface area contributed by atoms with Gasteiger partial charge in [0.15, 0.2) is 0 Å². The van der Waals surface area contributed by atoms with Crippen LogP contribution >= 0.6 is 11.3 Å². The third-order valence-corrected chi connectivity index (χ3v) is 3.86. The van der Waals surface area contributed by atoms with Crippen LogP contribution in [0.15, 0.2) is 11.4 Å². The van der Waals surface area contributed by atoms with Crippen molar-refractivity contribution in [1.29, 1.82) is 0 Å². The average Bonchev–Trinajstić information content (AvgIpc) is 2.67. The molecule has 1 unspecified atom stereocenters. The van der Waals surface area contributed by atoms with Crippen molar-refractivity contribution >= 4 is 17.4 Å². The molecular formula is C11H16N2OS. The summed E-state index contributed by atoms with van der Waals surface area (Å²) in [6.45, 7) is 5.57. The maximum atomic E-state index is 11.8. The minimum Gasteiger partial charge on any atom is -0.338 e. The number of fused-ring (bicyclic) bond motifs is 1. The number of urea groups is 1. The van der Waals surface area contributed by atoms with Gasteiger partial charge < -0.3 is 10.2 Å². The Morgan fingerprint density at radius 3 is 3.27 bits per heavy atom. The molecule has 1 aromatic rings. The quantitative estimate of drug-likeness (QED) is 0.780. The van der Waals surface area contributed by atoms with E-state index in [0.717, 1.165) is 13.0 Å². The second kappa shape index (κ2) is 4.23. The third-order valence-electron chi connectivity index (χ3n) is 2.87. The Kier molecular flexibility index (Phi) is 2.95. The van der Waals surface area contributed by atoms with Crippen molar-refractivity contribution in [3.05, 3.63) is 21.9 Å². The molecule has 0 aromatic carbocycles. The average molecular weight is 224 g/mol. The van der Waals surface area contributed by atoms with Crippen LogP contribution in [-0.2, 0) is 6.42 Å². The predicted octanol–water partition coefficient (Wildman–Crippen LogP) is 2.40. The summed E-state index contributed by atoms with van der Waals surface area (Å²) < 4.78 is 0. The fourth-order valence-corrected chi connectivity index (χ4v) is 3.00. The van der Waals surface area contributed by atoms with E-state index in [2.05, 4.69) is 23.7 Å². The Labute approximate surface area is 94.1 Å². The van der Waals surface area contributed by atoms with E-state index in [4.69, 9.17) is 0 Å². The summed E-state index contributed by atoms with van der Waals surface area (Å²) in [4.78, 5) is 15.1.